The summed E-state index contributed by atoms with van der Waals surface area (Å²) in [4.78, 5) is 14.2. The van der Waals surface area contributed by atoms with Crippen LogP contribution < -0.4 is 5.32 Å². The van der Waals surface area contributed by atoms with Crippen LogP contribution in [0.5, 0.6) is 0 Å². The number of carbonyl (C=O) groups is 1. The largest absolute Gasteiger partial charge is 0.478 e. The van der Waals surface area contributed by atoms with Gasteiger partial charge in [-0.05, 0) is 6.07 Å². The van der Waals surface area contributed by atoms with Gasteiger partial charge in [-0.2, -0.15) is 13.2 Å². The highest BCUT2D eigenvalue weighted by Crippen LogP contribution is 2.22. The normalized spacial score (nSPS) is 11.3. The summed E-state index contributed by atoms with van der Waals surface area (Å²) in [6.07, 6.45) is -4.27. The van der Waals surface area contributed by atoms with Gasteiger partial charge in [0.25, 0.3) is 0 Å². The van der Waals surface area contributed by atoms with Crippen molar-refractivity contribution in [3.8, 4) is 0 Å². The average Bonchev–Trinajstić information content (AvgIpc) is 2.18. The van der Waals surface area contributed by atoms with E-state index >= 15 is 0 Å². The molecule has 0 saturated carbocycles. The molecule has 0 atom stereocenters. The van der Waals surface area contributed by atoms with Crippen LogP contribution in [0.25, 0.3) is 0 Å². The molecule has 0 aliphatic carbocycles. The standard InChI is InChI=1S/C9H8ClF3N2O2/c10-6-3-5(8(16)17)4-15-7(6)14-2-1-9(11,12)13/h3-4H,1-2H2,(H,14,15)(H,16,17). The van der Waals surface area contributed by atoms with E-state index in [2.05, 4.69) is 10.3 Å². The van der Waals surface area contributed by atoms with E-state index in [0.29, 0.717) is 0 Å². The number of aromatic carboxylic acids is 1. The van der Waals surface area contributed by atoms with Gasteiger partial charge in [0.1, 0.15) is 5.82 Å². The van der Waals surface area contributed by atoms with Crippen LogP contribution in [-0.4, -0.2) is 28.8 Å². The molecule has 0 fully saturated rings. The fourth-order valence-corrected chi connectivity index (χ4v) is 1.24. The van der Waals surface area contributed by atoms with Crippen molar-refractivity contribution < 1.29 is 23.1 Å². The minimum Gasteiger partial charge on any atom is -0.478 e. The Kier molecular flexibility index (Phi) is 4.17. The van der Waals surface area contributed by atoms with E-state index in [4.69, 9.17) is 16.7 Å². The molecule has 1 rings (SSSR count). The van der Waals surface area contributed by atoms with Gasteiger partial charge in [-0.25, -0.2) is 9.78 Å². The molecule has 0 aliphatic heterocycles. The molecule has 0 aromatic carbocycles. The Morgan fingerprint density at radius 3 is 2.65 bits per heavy atom. The summed E-state index contributed by atoms with van der Waals surface area (Å²) in [6, 6.07) is 1.12. The Bertz CT molecular complexity index is 423. The number of hydrogen-bond acceptors (Lipinski definition) is 3. The Morgan fingerprint density at radius 2 is 2.18 bits per heavy atom. The molecule has 0 aliphatic rings. The maximum Gasteiger partial charge on any atom is 0.390 e. The molecular formula is C9H8ClF3N2O2. The van der Waals surface area contributed by atoms with Crippen LogP contribution in [0.3, 0.4) is 0 Å². The van der Waals surface area contributed by atoms with Crippen molar-refractivity contribution in [2.24, 2.45) is 0 Å². The quantitative estimate of drug-likeness (QED) is 0.881. The van der Waals surface area contributed by atoms with Gasteiger partial charge >= 0.3 is 12.1 Å². The Balaban J connectivity index is 2.64. The second kappa shape index (κ2) is 5.22. The Hall–Kier alpha value is -1.50. The van der Waals surface area contributed by atoms with Crippen LogP contribution in [0.1, 0.15) is 16.8 Å². The van der Waals surface area contributed by atoms with Crippen molar-refractivity contribution in [3.63, 3.8) is 0 Å². The summed E-state index contributed by atoms with van der Waals surface area (Å²) in [5.74, 6) is -1.18. The van der Waals surface area contributed by atoms with E-state index in [1.165, 1.54) is 0 Å². The second-order valence-electron chi connectivity index (χ2n) is 3.15. The molecule has 0 radical (unpaired) electrons. The predicted molar refractivity (Wildman–Crippen MR) is 55.4 cm³/mol. The first-order chi connectivity index (χ1) is 7.79. The lowest BCUT2D eigenvalue weighted by Gasteiger charge is -2.09. The molecule has 1 heterocycles. The molecule has 2 N–H and O–H groups in total. The third-order valence-electron chi connectivity index (χ3n) is 1.79. The summed E-state index contributed by atoms with van der Waals surface area (Å²) >= 11 is 5.65. The molecule has 0 spiro atoms. The number of hydrogen-bond donors (Lipinski definition) is 2. The number of rotatable bonds is 4. The first kappa shape index (κ1) is 13.6. The van der Waals surface area contributed by atoms with E-state index in [-0.39, 0.29) is 22.9 Å². The van der Waals surface area contributed by atoms with Gasteiger partial charge in [0.2, 0.25) is 0 Å². The number of pyridine rings is 1. The first-order valence-electron chi connectivity index (χ1n) is 4.49. The highest BCUT2D eigenvalue weighted by Gasteiger charge is 2.26. The minimum absolute atomic E-state index is 0.0286. The van der Waals surface area contributed by atoms with Gasteiger partial charge in [0, 0.05) is 12.7 Å². The van der Waals surface area contributed by atoms with Gasteiger partial charge in [-0.1, -0.05) is 11.6 Å². The summed E-state index contributed by atoms with van der Waals surface area (Å²) in [6.45, 7) is -0.372. The van der Waals surface area contributed by atoms with Gasteiger partial charge < -0.3 is 10.4 Å². The molecule has 0 amide bonds. The molecule has 0 bridgehead atoms. The zero-order valence-corrected chi connectivity index (χ0v) is 9.14. The predicted octanol–water partition coefficient (Wildman–Crippen LogP) is 2.80. The van der Waals surface area contributed by atoms with Gasteiger partial charge in [0.05, 0.1) is 17.0 Å². The number of halogens is 4. The fraction of sp³-hybridized carbons (Fsp3) is 0.333. The summed E-state index contributed by atoms with van der Waals surface area (Å²) in [7, 11) is 0. The molecule has 8 heteroatoms. The van der Waals surface area contributed by atoms with E-state index < -0.39 is 18.6 Å². The van der Waals surface area contributed by atoms with Crippen LogP contribution in [-0.2, 0) is 0 Å². The topological polar surface area (TPSA) is 62.2 Å². The fourth-order valence-electron chi connectivity index (χ4n) is 1.01. The van der Waals surface area contributed by atoms with Crippen LogP contribution in [0, 0.1) is 0 Å². The highest BCUT2D eigenvalue weighted by atomic mass is 35.5. The van der Waals surface area contributed by atoms with Crippen LogP contribution in [0.15, 0.2) is 12.3 Å². The zero-order chi connectivity index (χ0) is 13.1. The smallest absolute Gasteiger partial charge is 0.390 e. The highest BCUT2D eigenvalue weighted by molar-refractivity contribution is 6.33. The van der Waals surface area contributed by atoms with Crippen LogP contribution in [0.2, 0.25) is 5.02 Å². The van der Waals surface area contributed by atoms with E-state index in [1.54, 1.807) is 0 Å². The second-order valence-corrected chi connectivity index (χ2v) is 3.56. The molecular weight excluding hydrogens is 261 g/mol. The monoisotopic (exact) mass is 268 g/mol. The lowest BCUT2D eigenvalue weighted by molar-refractivity contribution is -0.131. The van der Waals surface area contributed by atoms with E-state index in [0.717, 1.165) is 12.3 Å². The molecule has 4 nitrogen and oxygen atoms in total. The van der Waals surface area contributed by atoms with Crippen molar-refractivity contribution in [1.82, 2.24) is 4.98 Å². The molecule has 1 aromatic heterocycles. The van der Waals surface area contributed by atoms with Crippen molar-refractivity contribution in [2.45, 2.75) is 12.6 Å². The molecule has 0 unspecified atom stereocenters. The van der Waals surface area contributed by atoms with E-state index in [1.807, 2.05) is 0 Å². The van der Waals surface area contributed by atoms with Gasteiger partial charge in [-0.3, -0.25) is 0 Å². The number of nitrogens with zero attached hydrogens (tertiary/aromatic N) is 1. The van der Waals surface area contributed by atoms with Crippen molar-refractivity contribution in [1.29, 1.82) is 0 Å². The SMILES string of the molecule is O=C(O)c1cnc(NCCC(F)(F)F)c(Cl)c1. The first-order valence-corrected chi connectivity index (χ1v) is 4.87. The van der Waals surface area contributed by atoms with Crippen molar-refractivity contribution in [2.75, 3.05) is 11.9 Å². The molecule has 1 aromatic rings. The van der Waals surface area contributed by atoms with Gasteiger partial charge in [0.15, 0.2) is 0 Å². The lowest BCUT2D eigenvalue weighted by Crippen LogP contribution is -2.15. The summed E-state index contributed by atoms with van der Waals surface area (Å²) in [5.41, 5.74) is -0.128. The van der Waals surface area contributed by atoms with Crippen molar-refractivity contribution in [3.05, 3.63) is 22.8 Å². The molecule has 17 heavy (non-hydrogen) atoms. The lowest BCUT2D eigenvalue weighted by atomic mass is 10.3. The molecule has 0 saturated heterocycles. The zero-order valence-electron chi connectivity index (χ0n) is 8.38. The van der Waals surface area contributed by atoms with Gasteiger partial charge in [-0.15, -0.1) is 0 Å². The third-order valence-corrected chi connectivity index (χ3v) is 2.08. The number of alkyl halides is 3. The summed E-state index contributed by atoms with van der Waals surface area (Å²) < 4.78 is 35.6. The maximum atomic E-state index is 11.9. The van der Waals surface area contributed by atoms with Crippen LogP contribution in [0.4, 0.5) is 19.0 Å². The number of carboxylic acids is 1. The maximum absolute atomic E-state index is 11.9. The summed E-state index contributed by atoms with van der Waals surface area (Å²) in [5, 5.41) is 11.0. The van der Waals surface area contributed by atoms with Crippen molar-refractivity contribution >= 4 is 23.4 Å². The third kappa shape index (κ3) is 4.48. The number of carboxylic acid groups (broad SMARTS) is 1. The number of aromatic nitrogens is 1. The molecule has 94 valence electrons. The number of anilines is 1. The van der Waals surface area contributed by atoms with Crippen LogP contribution >= 0.6 is 11.6 Å². The van der Waals surface area contributed by atoms with E-state index in [9.17, 15) is 18.0 Å². The average molecular weight is 269 g/mol. The Morgan fingerprint density at radius 1 is 1.53 bits per heavy atom. The Labute approximate surface area is 99.4 Å². The number of nitrogens with one attached hydrogen (secondary N) is 1. The minimum atomic E-state index is -4.26.